The van der Waals surface area contributed by atoms with Crippen LogP contribution in [0.1, 0.15) is 44.3 Å². The van der Waals surface area contributed by atoms with E-state index in [0.29, 0.717) is 5.75 Å². The molecule has 1 atom stereocenters. The van der Waals surface area contributed by atoms with Crippen molar-refractivity contribution < 1.29 is 9.90 Å². The topological polar surface area (TPSA) is 40.5 Å². The number of amides is 1. The van der Waals surface area contributed by atoms with Gasteiger partial charge in [0.1, 0.15) is 0 Å². The van der Waals surface area contributed by atoms with E-state index in [1.807, 2.05) is 29.2 Å². The standard InChI is InChI=1S/C16H23NO2S/c1-13(18)14-7-6-8-15(11-14)20-12-16(19)17-9-4-2-3-5-10-17/h6-8,11,13,18H,2-5,9-10,12H2,1H3. The first kappa shape index (κ1) is 15.4. The summed E-state index contributed by atoms with van der Waals surface area (Å²) in [6.45, 7) is 3.58. The predicted molar refractivity (Wildman–Crippen MR) is 82.8 cm³/mol. The molecule has 3 nitrogen and oxygen atoms in total. The van der Waals surface area contributed by atoms with Gasteiger partial charge >= 0.3 is 0 Å². The number of benzene rings is 1. The summed E-state index contributed by atoms with van der Waals surface area (Å²) >= 11 is 1.56. The van der Waals surface area contributed by atoms with Crippen LogP contribution in [-0.2, 0) is 4.79 Å². The van der Waals surface area contributed by atoms with E-state index in [0.717, 1.165) is 36.4 Å². The number of carbonyl (C=O) groups excluding carboxylic acids is 1. The maximum atomic E-state index is 12.2. The molecule has 0 aromatic heterocycles. The molecule has 1 aliphatic rings. The number of rotatable bonds is 4. The van der Waals surface area contributed by atoms with Crippen LogP contribution in [0.15, 0.2) is 29.2 Å². The molecule has 0 bridgehead atoms. The van der Waals surface area contributed by atoms with E-state index >= 15 is 0 Å². The zero-order valence-corrected chi connectivity index (χ0v) is 12.9. The lowest BCUT2D eigenvalue weighted by Crippen LogP contribution is -2.33. The minimum atomic E-state index is -0.461. The Morgan fingerprint density at radius 1 is 1.30 bits per heavy atom. The molecule has 0 aliphatic carbocycles. The van der Waals surface area contributed by atoms with Crippen molar-refractivity contribution in [2.45, 2.75) is 43.6 Å². The second kappa shape index (κ2) is 7.70. The Bertz CT molecular complexity index is 440. The van der Waals surface area contributed by atoms with Gasteiger partial charge in [0.15, 0.2) is 0 Å². The van der Waals surface area contributed by atoms with Crippen LogP contribution in [0.5, 0.6) is 0 Å². The van der Waals surface area contributed by atoms with Crippen LogP contribution in [0.2, 0.25) is 0 Å². The van der Waals surface area contributed by atoms with Crippen LogP contribution >= 0.6 is 11.8 Å². The molecule has 1 N–H and O–H groups in total. The molecular formula is C16H23NO2S. The highest BCUT2D eigenvalue weighted by molar-refractivity contribution is 8.00. The molecule has 1 aromatic carbocycles. The van der Waals surface area contributed by atoms with E-state index in [2.05, 4.69) is 0 Å². The van der Waals surface area contributed by atoms with E-state index in [4.69, 9.17) is 0 Å². The highest BCUT2D eigenvalue weighted by Crippen LogP contribution is 2.23. The first-order chi connectivity index (χ1) is 9.66. The fourth-order valence-electron chi connectivity index (χ4n) is 2.42. The van der Waals surface area contributed by atoms with Gasteiger partial charge in [-0.25, -0.2) is 0 Å². The summed E-state index contributed by atoms with van der Waals surface area (Å²) in [6, 6.07) is 7.80. The van der Waals surface area contributed by atoms with E-state index in [1.165, 1.54) is 12.8 Å². The maximum absolute atomic E-state index is 12.2. The minimum Gasteiger partial charge on any atom is -0.389 e. The number of hydrogen-bond acceptors (Lipinski definition) is 3. The predicted octanol–water partition coefficient (Wildman–Crippen LogP) is 3.23. The third-order valence-corrected chi connectivity index (χ3v) is 4.64. The van der Waals surface area contributed by atoms with Crippen molar-refractivity contribution in [3.63, 3.8) is 0 Å². The summed E-state index contributed by atoms with van der Waals surface area (Å²) in [4.78, 5) is 15.2. The summed E-state index contributed by atoms with van der Waals surface area (Å²) in [5.41, 5.74) is 0.900. The molecule has 1 unspecified atom stereocenters. The quantitative estimate of drug-likeness (QED) is 0.866. The fourth-order valence-corrected chi connectivity index (χ4v) is 3.29. The average Bonchev–Trinajstić information content (AvgIpc) is 2.74. The summed E-state index contributed by atoms with van der Waals surface area (Å²) < 4.78 is 0. The van der Waals surface area contributed by atoms with Gasteiger partial charge in [-0.15, -0.1) is 11.8 Å². The smallest absolute Gasteiger partial charge is 0.232 e. The molecule has 2 rings (SSSR count). The van der Waals surface area contributed by atoms with Crippen molar-refractivity contribution in [1.29, 1.82) is 0 Å². The lowest BCUT2D eigenvalue weighted by atomic mass is 10.1. The second-order valence-corrected chi connectivity index (χ2v) is 6.38. The highest BCUT2D eigenvalue weighted by atomic mass is 32.2. The molecule has 0 radical (unpaired) electrons. The average molecular weight is 293 g/mol. The normalized spacial score (nSPS) is 17.6. The number of likely N-dealkylation sites (tertiary alicyclic amines) is 1. The van der Waals surface area contributed by atoms with Gasteiger partial charge < -0.3 is 10.0 Å². The number of thioether (sulfide) groups is 1. The number of aliphatic hydroxyl groups excluding tert-OH is 1. The molecule has 1 saturated heterocycles. The fraction of sp³-hybridized carbons (Fsp3) is 0.562. The molecule has 1 fully saturated rings. The van der Waals surface area contributed by atoms with Crippen LogP contribution in [0.3, 0.4) is 0 Å². The van der Waals surface area contributed by atoms with Gasteiger partial charge in [-0.1, -0.05) is 25.0 Å². The molecule has 1 aromatic rings. The van der Waals surface area contributed by atoms with Crippen molar-refractivity contribution in [3.8, 4) is 0 Å². The molecular weight excluding hydrogens is 270 g/mol. The minimum absolute atomic E-state index is 0.236. The Kier molecular flexibility index (Phi) is 5.92. The second-order valence-electron chi connectivity index (χ2n) is 5.33. The highest BCUT2D eigenvalue weighted by Gasteiger charge is 2.15. The van der Waals surface area contributed by atoms with E-state index in [1.54, 1.807) is 18.7 Å². The third-order valence-electron chi connectivity index (χ3n) is 3.66. The van der Waals surface area contributed by atoms with Crippen molar-refractivity contribution >= 4 is 17.7 Å². The van der Waals surface area contributed by atoms with E-state index < -0.39 is 6.10 Å². The summed E-state index contributed by atoms with van der Waals surface area (Å²) in [7, 11) is 0. The van der Waals surface area contributed by atoms with Crippen LogP contribution in [0, 0.1) is 0 Å². The Morgan fingerprint density at radius 2 is 2.00 bits per heavy atom. The number of aliphatic hydroxyl groups is 1. The number of nitrogens with zero attached hydrogens (tertiary/aromatic N) is 1. The van der Waals surface area contributed by atoms with Crippen molar-refractivity contribution in [3.05, 3.63) is 29.8 Å². The third kappa shape index (κ3) is 4.53. The molecule has 0 spiro atoms. The van der Waals surface area contributed by atoms with Crippen LogP contribution in [0.4, 0.5) is 0 Å². The molecule has 4 heteroatoms. The van der Waals surface area contributed by atoms with Crippen LogP contribution in [0.25, 0.3) is 0 Å². The molecule has 0 saturated carbocycles. The zero-order valence-electron chi connectivity index (χ0n) is 12.0. The Morgan fingerprint density at radius 3 is 2.65 bits per heavy atom. The number of hydrogen-bond donors (Lipinski definition) is 1. The lowest BCUT2D eigenvalue weighted by molar-refractivity contribution is -0.128. The zero-order chi connectivity index (χ0) is 14.4. The van der Waals surface area contributed by atoms with Gasteiger partial charge in [-0.3, -0.25) is 4.79 Å². The van der Waals surface area contributed by atoms with Gasteiger partial charge in [0.2, 0.25) is 5.91 Å². The summed E-state index contributed by atoms with van der Waals surface area (Å²) in [6.07, 6.45) is 4.29. The SMILES string of the molecule is CC(O)c1cccc(SCC(=O)N2CCCCCC2)c1. The van der Waals surface area contributed by atoms with Crippen LogP contribution in [-0.4, -0.2) is 34.8 Å². The first-order valence-electron chi connectivity index (χ1n) is 7.35. The van der Waals surface area contributed by atoms with Crippen molar-refractivity contribution in [2.75, 3.05) is 18.8 Å². The molecule has 1 amide bonds. The summed E-state index contributed by atoms with van der Waals surface area (Å²) in [5.74, 6) is 0.725. The van der Waals surface area contributed by atoms with Crippen molar-refractivity contribution in [2.24, 2.45) is 0 Å². The first-order valence-corrected chi connectivity index (χ1v) is 8.34. The lowest BCUT2D eigenvalue weighted by Gasteiger charge is -2.20. The Balaban J connectivity index is 1.87. The van der Waals surface area contributed by atoms with Crippen molar-refractivity contribution in [1.82, 2.24) is 4.90 Å². The van der Waals surface area contributed by atoms with Gasteiger partial charge in [0.25, 0.3) is 0 Å². The molecule has 20 heavy (non-hydrogen) atoms. The molecule has 110 valence electrons. The van der Waals surface area contributed by atoms with Crippen LogP contribution < -0.4 is 0 Å². The van der Waals surface area contributed by atoms with Gasteiger partial charge in [0.05, 0.1) is 11.9 Å². The molecule has 1 aliphatic heterocycles. The molecule has 1 heterocycles. The number of carbonyl (C=O) groups is 1. The van der Waals surface area contributed by atoms with Gasteiger partial charge in [-0.2, -0.15) is 0 Å². The van der Waals surface area contributed by atoms with Gasteiger partial charge in [-0.05, 0) is 37.5 Å². The van der Waals surface area contributed by atoms with E-state index in [9.17, 15) is 9.90 Å². The monoisotopic (exact) mass is 293 g/mol. The van der Waals surface area contributed by atoms with Gasteiger partial charge in [0, 0.05) is 18.0 Å². The summed E-state index contributed by atoms with van der Waals surface area (Å²) in [5, 5.41) is 9.58. The largest absolute Gasteiger partial charge is 0.389 e. The Hall–Kier alpha value is -1.00. The van der Waals surface area contributed by atoms with E-state index in [-0.39, 0.29) is 5.91 Å². The Labute approximate surface area is 125 Å². The maximum Gasteiger partial charge on any atom is 0.232 e.